The molecule has 43 heavy (non-hydrogen) atoms. The summed E-state index contributed by atoms with van der Waals surface area (Å²) in [5, 5.41) is 3.50. The summed E-state index contributed by atoms with van der Waals surface area (Å²) in [5.41, 5.74) is -0.0688. The molecular formula is C32H45ClN4O4Si2. The summed E-state index contributed by atoms with van der Waals surface area (Å²) in [6.07, 6.45) is 7.76. The zero-order valence-corrected chi connectivity index (χ0v) is 29.8. The van der Waals surface area contributed by atoms with E-state index in [1.807, 2.05) is 22.9 Å². The highest BCUT2D eigenvalue weighted by Gasteiger charge is 2.54. The number of carbonyl (C=O) groups is 1. The summed E-state index contributed by atoms with van der Waals surface area (Å²) in [5.74, 6) is 3.00. The van der Waals surface area contributed by atoms with Crippen LogP contribution in [-0.4, -0.2) is 55.4 Å². The Hall–Kier alpha value is -2.53. The Morgan fingerprint density at radius 2 is 1.72 bits per heavy atom. The topological polar surface area (TPSA) is 87.5 Å². The lowest BCUT2D eigenvalue weighted by Crippen LogP contribution is -2.54. The quantitative estimate of drug-likeness (QED) is 0.152. The number of hydrogen-bond donors (Lipinski definition) is 1. The molecule has 8 nitrogen and oxygen atoms in total. The van der Waals surface area contributed by atoms with Crippen LogP contribution in [0.5, 0.6) is 0 Å². The van der Waals surface area contributed by atoms with Gasteiger partial charge in [0.1, 0.15) is 17.7 Å². The second-order valence-corrected chi connectivity index (χ2v) is 24.3. The molecule has 1 aromatic carbocycles. The van der Waals surface area contributed by atoms with Crippen molar-refractivity contribution in [3.8, 4) is 12.3 Å². The van der Waals surface area contributed by atoms with E-state index in [2.05, 4.69) is 88.9 Å². The average molecular weight is 641 g/mol. The summed E-state index contributed by atoms with van der Waals surface area (Å²) in [7, 11) is -4.40. The molecule has 232 valence electrons. The molecule has 1 aliphatic rings. The summed E-state index contributed by atoms with van der Waals surface area (Å²) >= 11 is 6.39. The first-order valence-corrected chi connectivity index (χ1v) is 20.9. The zero-order chi connectivity index (χ0) is 32.0. The van der Waals surface area contributed by atoms with E-state index in [4.69, 9.17) is 31.6 Å². The van der Waals surface area contributed by atoms with Crippen molar-refractivity contribution >= 4 is 51.0 Å². The molecule has 0 saturated carbocycles. The summed E-state index contributed by atoms with van der Waals surface area (Å²) in [6.45, 7) is 22.3. The molecular weight excluding hydrogens is 596 g/mol. The van der Waals surface area contributed by atoms with Gasteiger partial charge in [0.15, 0.2) is 22.2 Å². The van der Waals surface area contributed by atoms with Gasteiger partial charge in [0, 0.05) is 18.2 Å². The van der Waals surface area contributed by atoms with Gasteiger partial charge in [-0.05, 0) is 66.1 Å². The lowest BCUT2D eigenvalue weighted by Gasteiger charge is -2.43. The number of amides is 1. The van der Waals surface area contributed by atoms with Crippen molar-refractivity contribution in [1.29, 1.82) is 0 Å². The predicted molar refractivity (Wildman–Crippen MR) is 178 cm³/mol. The molecule has 0 spiro atoms. The van der Waals surface area contributed by atoms with E-state index in [0.717, 1.165) is 0 Å². The Morgan fingerprint density at radius 3 is 2.30 bits per heavy atom. The van der Waals surface area contributed by atoms with Crippen LogP contribution in [0.15, 0.2) is 42.6 Å². The number of nitrogens with one attached hydrogen (secondary N) is 1. The highest BCUT2D eigenvalue weighted by molar-refractivity contribution is 6.74. The molecule has 0 aliphatic carbocycles. The zero-order valence-electron chi connectivity index (χ0n) is 27.0. The van der Waals surface area contributed by atoms with Gasteiger partial charge in [-0.15, -0.1) is 6.42 Å². The van der Waals surface area contributed by atoms with Crippen LogP contribution in [0.1, 0.15) is 64.5 Å². The van der Waals surface area contributed by atoms with E-state index in [1.54, 1.807) is 24.3 Å². The van der Waals surface area contributed by atoms with Crippen LogP contribution >= 0.6 is 11.6 Å². The van der Waals surface area contributed by atoms with Crippen molar-refractivity contribution in [1.82, 2.24) is 14.5 Å². The summed E-state index contributed by atoms with van der Waals surface area (Å²) < 4.78 is 22.4. The number of terminal acetylenes is 1. The molecule has 0 unspecified atom stereocenters. The van der Waals surface area contributed by atoms with Crippen molar-refractivity contribution in [2.45, 2.75) is 102 Å². The molecule has 1 amide bonds. The largest absolute Gasteiger partial charge is 0.413 e. The van der Waals surface area contributed by atoms with E-state index in [-0.39, 0.29) is 27.9 Å². The van der Waals surface area contributed by atoms with Gasteiger partial charge in [0.25, 0.3) is 5.91 Å². The Balaban J connectivity index is 1.72. The molecule has 0 radical (unpaired) electrons. The second-order valence-electron chi connectivity index (χ2n) is 14.4. The average Bonchev–Trinajstić information content (AvgIpc) is 3.48. The fraction of sp³-hybridized carbons (Fsp3) is 0.531. The number of halogens is 1. The minimum atomic E-state index is -2.25. The minimum absolute atomic E-state index is 0.00145. The molecule has 4 rings (SSSR count). The van der Waals surface area contributed by atoms with E-state index in [0.29, 0.717) is 28.8 Å². The maximum Gasteiger partial charge on any atom is 0.256 e. The molecule has 3 aromatic rings. The predicted octanol–water partition coefficient (Wildman–Crippen LogP) is 8.04. The van der Waals surface area contributed by atoms with Crippen molar-refractivity contribution in [3.63, 3.8) is 0 Å². The van der Waals surface area contributed by atoms with Crippen LogP contribution in [0.2, 0.25) is 41.5 Å². The molecule has 3 atom stereocenters. The van der Waals surface area contributed by atoms with E-state index >= 15 is 0 Å². The maximum atomic E-state index is 12.9. The molecule has 1 N–H and O–H groups in total. The van der Waals surface area contributed by atoms with Gasteiger partial charge in [-0.3, -0.25) is 4.79 Å². The SMILES string of the molecule is C#C[C@]1(CO[Si](C)(C)C(C)(C)C)O[C@@H](n2ccc3c(NC(=O)c4ccccc4)nc(Cl)nc32)C[C@@H]1O[Si](C)(C)C(C)(C)C. The first kappa shape index (κ1) is 33.4. The molecule has 1 aliphatic heterocycles. The third kappa shape index (κ3) is 6.77. The van der Waals surface area contributed by atoms with Gasteiger partial charge in [-0.1, -0.05) is 65.7 Å². The lowest BCUT2D eigenvalue weighted by molar-refractivity contribution is -0.0836. The minimum Gasteiger partial charge on any atom is -0.413 e. The van der Waals surface area contributed by atoms with Gasteiger partial charge in [-0.2, -0.15) is 9.97 Å². The number of aromatic nitrogens is 3. The number of hydrogen-bond acceptors (Lipinski definition) is 6. The van der Waals surface area contributed by atoms with Crippen LogP contribution in [0.25, 0.3) is 11.0 Å². The van der Waals surface area contributed by atoms with Crippen molar-refractivity contribution < 1.29 is 18.4 Å². The van der Waals surface area contributed by atoms with Crippen LogP contribution in [0.3, 0.4) is 0 Å². The first-order valence-electron chi connectivity index (χ1n) is 14.7. The van der Waals surface area contributed by atoms with Gasteiger partial charge in [-0.25, -0.2) is 0 Å². The number of anilines is 1. The molecule has 1 saturated heterocycles. The first-order chi connectivity index (χ1) is 19.8. The van der Waals surface area contributed by atoms with E-state index in [9.17, 15) is 4.79 Å². The number of nitrogens with zero attached hydrogens (tertiary/aromatic N) is 3. The van der Waals surface area contributed by atoms with Crippen LogP contribution < -0.4 is 5.32 Å². The van der Waals surface area contributed by atoms with Gasteiger partial charge >= 0.3 is 0 Å². The van der Waals surface area contributed by atoms with Crippen molar-refractivity contribution in [2.75, 3.05) is 11.9 Å². The Labute approximate surface area is 263 Å². The molecule has 3 heterocycles. The third-order valence-corrected chi connectivity index (χ3v) is 18.5. The molecule has 2 aromatic heterocycles. The summed E-state index contributed by atoms with van der Waals surface area (Å²) in [6, 6.07) is 10.8. The second kappa shape index (κ2) is 11.8. The van der Waals surface area contributed by atoms with Crippen molar-refractivity contribution in [2.24, 2.45) is 0 Å². The Kier molecular flexibility index (Phi) is 9.13. The molecule has 1 fully saturated rings. The Morgan fingerprint density at radius 1 is 1.09 bits per heavy atom. The Bertz CT molecular complexity index is 1520. The number of benzene rings is 1. The number of ether oxygens (including phenoxy) is 1. The van der Waals surface area contributed by atoms with Crippen LogP contribution in [0, 0.1) is 12.3 Å². The maximum absolute atomic E-state index is 12.9. The molecule has 0 bridgehead atoms. The highest BCUT2D eigenvalue weighted by Crippen LogP contribution is 2.47. The normalized spacial score (nSPS) is 21.6. The van der Waals surface area contributed by atoms with Crippen LogP contribution in [-0.2, 0) is 13.6 Å². The monoisotopic (exact) mass is 640 g/mol. The van der Waals surface area contributed by atoms with Gasteiger partial charge < -0.3 is 23.5 Å². The lowest BCUT2D eigenvalue weighted by atomic mass is 9.99. The third-order valence-electron chi connectivity index (χ3n) is 9.35. The van der Waals surface area contributed by atoms with Gasteiger partial charge in [0.05, 0.1) is 18.1 Å². The smallest absolute Gasteiger partial charge is 0.256 e. The van der Waals surface area contributed by atoms with Gasteiger partial charge in [0.2, 0.25) is 5.28 Å². The molecule has 11 heteroatoms. The fourth-order valence-corrected chi connectivity index (χ4v) is 7.01. The fourth-order valence-electron chi connectivity index (χ4n) is 4.49. The van der Waals surface area contributed by atoms with Crippen molar-refractivity contribution in [3.05, 3.63) is 53.4 Å². The van der Waals surface area contributed by atoms with E-state index in [1.165, 1.54) is 0 Å². The number of rotatable bonds is 8. The highest BCUT2D eigenvalue weighted by atomic mass is 35.5. The number of carbonyl (C=O) groups excluding carboxylic acids is 1. The summed E-state index contributed by atoms with van der Waals surface area (Å²) in [4.78, 5) is 21.8. The van der Waals surface area contributed by atoms with Crippen LogP contribution in [0.4, 0.5) is 5.82 Å². The number of fused-ring (bicyclic) bond motifs is 1. The standard InChI is InChI=1S/C32H45ClN4O4Si2/c1-12-32(21-39-42(8,9)30(2,3)4)24(41-43(10,11)31(5,6)7)20-25(40-32)37-19-18-23-26(35-29(33)36-27(23)37)34-28(38)22-16-14-13-15-17-22/h1,13-19,24-25H,20-21H2,2-11H3,(H,34,35,36,38)/t24-,25+,32+/m0/s1. The van der Waals surface area contributed by atoms with E-state index < -0.39 is 34.6 Å².